The van der Waals surface area contributed by atoms with Gasteiger partial charge in [-0.2, -0.15) is 17.5 Å². The first-order valence-corrected chi connectivity index (χ1v) is 12.3. The van der Waals surface area contributed by atoms with E-state index in [0.717, 1.165) is 43.9 Å². The number of nitrogens with one attached hydrogen (secondary N) is 1. The van der Waals surface area contributed by atoms with Crippen LogP contribution in [0.3, 0.4) is 0 Å². The highest BCUT2D eigenvalue weighted by molar-refractivity contribution is 7.89. The lowest BCUT2D eigenvalue weighted by molar-refractivity contribution is -0.0492. The Morgan fingerprint density at radius 1 is 1.19 bits per heavy atom. The van der Waals surface area contributed by atoms with Crippen LogP contribution < -0.4 is 4.90 Å². The van der Waals surface area contributed by atoms with Gasteiger partial charge in [-0.15, -0.1) is 0 Å². The lowest BCUT2D eigenvalue weighted by Crippen LogP contribution is -2.47. The summed E-state index contributed by atoms with van der Waals surface area (Å²) in [5, 5.41) is 2.96. The number of rotatable bonds is 6. The van der Waals surface area contributed by atoms with Crippen LogP contribution in [0.5, 0.6) is 0 Å². The van der Waals surface area contributed by atoms with Crippen molar-refractivity contribution in [2.75, 3.05) is 11.4 Å². The zero-order chi connectivity index (χ0) is 23.1. The van der Waals surface area contributed by atoms with Crippen molar-refractivity contribution in [1.82, 2.24) is 14.1 Å². The topological polar surface area (TPSA) is 61.3 Å². The van der Waals surface area contributed by atoms with Gasteiger partial charge in [-0.25, -0.2) is 12.8 Å². The van der Waals surface area contributed by atoms with E-state index in [-0.39, 0.29) is 13.5 Å². The van der Waals surface area contributed by atoms with Gasteiger partial charge in [0.1, 0.15) is 5.82 Å². The second kappa shape index (κ2) is 8.74. The summed E-state index contributed by atoms with van der Waals surface area (Å²) in [6.07, 6.45) is 7.58. The number of fused-ring (bicyclic) bond motifs is 1. The van der Waals surface area contributed by atoms with Gasteiger partial charge in [0.05, 0.1) is 12.2 Å². The van der Waals surface area contributed by atoms with E-state index in [2.05, 4.69) is 5.10 Å². The third kappa shape index (κ3) is 4.41. The van der Waals surface area contributed by atoms with Crippen LogP contribution in [0, 0.1) is 11.7 Å². The molecule has 1 aromatic heterocycles. The first kappa shape index (κ1) is 23.2. The number of hydrogen-bond donors (Lipinski definition) is 1. The molecule has 2 aromatic rings. The number of anilines is 1. The van der Waals surface area contributed by atoms with Gasteiger partial charge >= 0.3 is 15.5 Å². The number of aryl methyl sites for hydroxylation is 1. The quantitative estimate of drug-likeness (QED) is 0.610. The molecule has 4 rings (SSSR count). The molecule has 0 spiro atoms. The third-order valence-electron chi connectivity index (χ3n) is 6.80. The van der Waals surface area contributed by atoms with Crippen molar-refractivity contribution < 1.29 is 27.4 Å². The summed E-state index contributed by atoms with van der Waals surface area (Å²) in [6, 6.07) is 3.83. The predicted octanol–water partition coefficient (Wildman–Crippen LogP) is 4.75. The first-order valence-electron chi connectivity index (χ1n) is 10.9. The molecule has 32 heavy (non-hydrogen) atoms. The van der Waals surface area contributed by atoms with Gasteiger partial charge < -0.3 is 10.00 Å². The van der Waals surface area contributed by atoms with Crippen LogP contribution >= 0.6 is 0 Å². The van der Waals surface area contributed by atoms with E-state index in [1.165, 1.54) is 6.07 Å². The minimum absolute atomic E-state index is 0. The molecule has 6 nitrogen and oxygen atoms in total. The van der Waals surface area contributed by atoms with Crippen LogP contribution in [0.25, 0.3) is 0 Å². The van der Waals surface area contributed by atoms with Crippen LogP contribution in [0.4, 0.5) is 23.2 Å². The van der Waals surface area contributed by atoms with Crippen LogP contribution in [0.15, 0.2) is 24.4 Å². The lowest BCUT2D eigenvalue weighted by atomic mass is 9.97. The minimum Gasteiger partial charge on any atom is -0.361 e. The van der Waals surface area contributed by atoms with E-state index in [1.54, 1.807) is 16.9 Å². The summed E-state index contributed by atoms with van der Waals surface area (Å²) in [5.41, 5.74) is -4.13. The summed E-state index contributed by atoms with van der Waals surface area (Å²) in [4.78, 5) is 1.88. The average molecular weight is 479 g/mol. The fourth-order valence-corrected chi connectivity index (χ4v) is 5.83. The van der Waals surface area contributed by atoms with Gasteiger partial charge in [-0.3, -0.25) is 4.68 Å². The van der Waals surface area contributed by atoms with Crippen LogP contribution in [0.2, 0.25) is 0 Å². The number of nitrogens with zero attached hydrogens (tertiary/aromatic N) is 3. The van der Waals surface area contributed by atoms with Gasteiger partial charge in [0.2, 0.25) is 0 Å². The number of hydrogen-bond acceptors (Lipinski definition) is 3. The lowest BCUT2D eigenvalue weighted by Gasteiger charge is -2.35. The minimum atomic E-state index is -5.60. The fourth-order valence-electron chi connectivity index (χ4n) is 4.87. The van der Waals surface area contributed by atoms with Crippen molar-refractivity contribution in [3.8, 4) is 0 Å². The normalized spacial score (nSPS) is 21.2. The molecule has 11 heteroatoms. The average Bonchev–Trinajstić information content (AvgIpc) is 3.18. The molecule has 0 radical (unpaired) electrons. The maximum absolute atomic E-state index is 14.8. The molecule has 2 heterocycles. The maximum Gasteiger partial charge on any atom is 0.511 e. The van der Waals surface area contributed by atoms with Gasteiger partial charge in [-0.05, 0) is 30.9 Å². The van der Waals surface area contributed by atoms with Crippen molar-refractivity contribution in [3.63, 3.8) is 0 Å². The van der Waals surface area contributed by atoms with E-state index in [9.17, 15) is 26.0 Å². The van der Waals surface area contributed by atoms with Crippen LogP contribution in [-0.4, -0.2) is 40.6 Å². The molecule has 2 aliphatic rings. The number of H-pyrrole nitrogens is 1. The van der Waals surface area contributed by atoms with Gasteiger partial charge in [0.25, 0.3) is 0 Å². The molecule has 180 valence electrons. The Morgan fingerprint density at radius 2 is 1.91 bits per heavy atom. The molecule has 1 unspecified atom stereocenters. The van der Waals surface area contributed by atoms with Crippen LogP contribution in [-0.2, 0) is 30.2 Å². The molecule has 1 saturated carbocycles. The van der Waals surface area contributed by atoms with Gasteiger partial charge in [-0.1, -0.05) is 31.7 Å². The van der Waals surface area contributed by atoms with E-state index < -0.39 is 33.9 Å². The van der Waals surface area contributed by atoms with E-state index in [1.807, 2.05) is 11.9 Å². The third-order valence-corrected chi connectivity index (χ3v) is 8.34. The summed E-state index contributed by atoms with van der Waals surface area (Å²) in [7, 11) is -3.79. The summed E-state index contributed by atoms with van der Waals surface area (Å²) in [6.45, 7) is -0.643. The summed E-state index contributed by atoms with van der Waals surface area (Å²) < 4.78 is 82.0. The summed E-state index contributed by atoms with van der Waals surface area (Å²) in [5.74, 6) is -0.215. The fraction of sp³-hybridized carbons (Fsp3) is 0.619. The Labute approximate surface area is 186 Å². The maximum atomic E-state index is 14.8. The number of halogens is 4. The Balaban J connectivity index is 0.00000306. The number of aromatic amines is 1. The molecule has 1 fully saturated rings. The Kier molecular flexibility index (Phi) is 6.32. The Bertz CT molecular complexity index is 1050. The van der Waals surface area contributed by atoms with Crippen molar-refractivity contribution in [2.24, 2.45) is 13.0 Å². The van der Waals surface area contributed by atoms with Crippen molar-refractivity contribution in [1.29, 1.82) is 0 Å². The molecule has 1 aliphatic carbocycles. The van der Waals surface area contributed by atoms with Gasteiger partial charge in [0, 0.05) is 45.1 Å². The van der Waals surface area contributed by atoms with Crippen molar-refractivity contribution in [3.05, 3.63) is 41.5 Å². The standard InChI is InChI=1S/C21H28F4N4O2S.H2/c1-27-17(11-26-27)13-29-16(10-9-15-5-2-3-6-15)12-28(32(30,31)21(23,24)25)14-18-19(22)7-4-8-20(18)29;/h4,7-8,11,15-16,26H,2-3,5-6,9-10,12-14H2,1H3;1H. The van der Waals surface area contributed by atoms with Crippen LogP contribution in [0.1, 0.15) is 51.2 Å². The molecule has 0 amide bonds. The van der Waals surface area contributed by atoms with E-state index >= 15 is 0 Å². The van der Waals surface area contributed by atoms with Gasteiger partial charge in [0.15, 0.2) is 0 Å². The van der Waals surface area contributed by atoms with E-state index in [0.29, 0.717) is 28.9 Å². The number of aromatic nitrogens is 2. The molecule has 1 aromatic carbocycles. The zero-order valence-electron chi connectivity index (χ0n) is 17.9. The molecule has 1 N–H and O–H groups in total. The second-order valence-electron chi connectivity index (χ2n) is 8.81. The number of benzene rings is 1. The largest absolute Gasteiger partial charge is 0.511 e. The highest BCUT2D eigenvalue weighted by atomic mass is 32.2. The monoisotopic (exact) mass is 478 g/mol. The highest BCUT2D eigenvalue weighted by Crippen LogP contribution is 2.38. The Morgan fingerprint density at radius 3 is 2.50 bits per heavy atom. The smallest absolute Gasteiger partial charge is 0.361 e. The molecule has 0 bridgehead atoms. The molecule has 1 aliphatic heterocycles. The van der Waals surface area contributed by atoms with Crippen molar-refractivity contribution >= 4 is 15.7 Å². The molecular weight excluding hydrogens is 448 g/mol. The second-order valence-corrected chi connectivity index (χ2v) is 10.7. The summed E-state index contributed by atoms with van der Waals surface area (Å²) >= 11 is 0. The molecular formula is C21H30F4N4O2S. The number of sulfonamides is 1. The molecule has 1 atom stereocenters. The zero-order valence-corrected chi connectivity index (χ0v) is 18.7. The molecule has 0 saturated heterocycles. The first-order chi connectivity index (χ1) is 15.1. The predicted molar refractivity (Wildman–Crippen MR) is 115 cm³/mol. The number of alkyl halides is 3. The van der Waals surface area contributed by atoms with Crippen molar-refractivity contribution in [2.45, 2.75) is 63.2 Å². The highest BCUT2D eigenvalue weighted by Gasteiger charge is 2.51. The van der Waals surface area contributed by atoms with E-state index in [4.69, 9.17) is 0 Å². The SMILES string of the molecule is Cn1[nH]cc1CN1c2cccc(F)c2CN(S(=O)(=O)C(F)(F)F)CC1CCC1CCCC1.[HH]. The Hall–Kier alpha value is -2.01.